The number of unbranched alkanes of at least 4 members (excludes halogenated alkanes) is 3. The second-order valence-corrected chi connectivity index (χ2v) is 3.66. The molecule has 0 aromatic carbocycles. The molecule has 0 aliphatic rings. The van der Waals surface area contributed by atoms with Crippen molar-refractivity contribution in [2.45, 2.75) is 65.7 Å². The summed E-state index contributed by atoms with van der Waals surface area (Å²) in [6.07, 6.45) is 12.1. The minimum Gasteiger partial charge on any atom is -0.0654 e. The Morgan fingerprint density at radius 1 is 1.00 bits per heavy atom. The van der Waals surface area contributed by atoms with Gasteiger partial charge in [0.05, 0.1) is 0 Å². The van der Waals surface area contributed by atoms with Crippen LogP contribution in [0.15, 0.2) is 0 Å². The van der Waals surface area contributed by atoms with Gasteiger partial charge in [0.25, 0.3) is 0 Å². The number of hydrogen-bond acceptors (Lipinski definition) is 0. The van der Waals surface area contributed by atoms with Gasteiger partial charge < -0.3 is 0 Å². The van der Waals surface area contributed by atoms with Crippen LogP contribution in [0.1, 0.15) is 65.7 Å². The average molecular weight is 169 g/mol. The summed E-state index contributed by atoms with van der Waals surface area (Å²) in [6.45, 7) is 6.82. The average Bonchev–Trinajstić information content (AvgIpc) is 2.10. The highest BCUT2D eigenvalue weighted by atomic mass is 14.1. The molecule has 1 atom stereocenters. The van der Waals surface area contributed by atoms with Crippen LogP contribution in [-0.4, -0.2) is 0 Å². The molecule has 0 rings (SSSR count). The van der Waals surface area contributed by atoms with Gasteiger partial charge in [-0.15, -0.1) is 0 Å². The van der Waals surface area contributed by atoms with Gasteiger partial charge in [0.2, 0.25) is 0 Å². The number of rotatable bonds is 8. The number of hydrogen-bond donors (Lipinski definition) is 0. The topological polar surface area (TPSA) is 0 Å². The molecule has 0 bridgehead atoms. The minimum atomic E-state index is 0.895. The lowest BCUT2D eigenvalue weighted by Crippen LogP contribution is -1.98. The van der Waals surface area contributed by atoms with Crippen LogP contribution in [0.3, 0.4) is 0 Å². The van der Waals surface area contributed by atoms with E-state index in [0.717, 1.165) is 5.92 Å². The molecule has 0 spiro atoms. The van der Waals surface area contributed by atoms with E-state index in [-0.39, 0.29) is 0 Å². The standard InChI is InChI=1S/C12H25/c1-4-7-8-9-11-12(6-3)10-5-2/h10,12H,4-9,11H2,1-3H3. The maximum atomic E-state index is 2.48. The van der Waals surface area contributed by atoms with E-state index in [9.17, 15) is 0 Å². The first-order valence-electron chi connectivity index (χ1n) is 5.68. The van der Waals surface area contributed by atoms with Crippen molar-refractivity contribution < 1.29 is 0 Å². The van der Waals surface area contributed by atoms with Crippen LogP contribution >= 0.6 is 0 Å². The van der Waals surface area contributed by atoms with Gasteiger partial charge in [-0.1, -0.05) is 65.7 Å². The Bertz CT molecular complexity index is 76.1. The smallest absolute Gasteiger partial charge is 0.0358 e. The molecule has 0 fully saturated rings. The van der Waals surface area contributed by atoms with Crippen molar-refractivity contribution in [3.05, 3.63) is 6.42 Å². The molecular weight excluding hydrogens is 144 g/mol. The van der Waals surface area contributed by atoms with E-state index < -0.39 is 0 Å². The summed E-state index contributed by atoms with van der Waals surface area (Å²) in [5, 5.41) is 0. The SMILES string of the molecule is CC[CH]C(CC)CCCCCC. The maximum Gasteiger partial charge on any atom is -0.0358 e. The second-order valence-electron chi connectivity index (χ2n) is 3.66. The van der Waals surface area contributed by atoms with Crippen LogP contribution in [0, 0.1) is 12.3 Å². The highest BCUT2D eigenvalue weighted by Gasteiger charge is 2.03. The fraction of sp³-hybridized carbons (Fsp3) is 0.917. The fourth-order valence-corrected chi connectivity index (χ4v) is 1.66. The Hall–Kier alpha value is 0. The molecule has 0 nitrogen and oxygen atoms in total. The molecule has 1 radical (unpaired) electrons. The van der Waals surface area contributed by atoms with Gasteiger partial charge in [0.1, 0.15) is 0 Å². The predicted molar refractivity (Wildman–Crippen MR) is 57.1 cm³/mol. The normalized spacial score (nSPS) is 13.2. The minimum absolute atomic E-state index is 0.895. The first-order chi connectivity index (χ1) is 5.85. The van der Waals surface area contributed by atoms with Crippen molar-refractivity contribution >= 4 is 0 Å². The largest absolute Gasteiger partial charge is 0.0654 e. The quantitative estimate of drug-likeness (QED) is 0.466. The van der Waals surface area contributed by atoms with Gasteiger partial charge in [-0.05, 0) is 12.3 Å². The van der Waals surface area contributed by atoms with Crippen LogP contribution in [-0.2, 0) is 0 Å². The molecule has 0 N–H and O–H groups in total. The molecule has 0 amide bonds. The van der Waals surface area contributed by atoms with Gasteiger partial charge in [0.15, 0.2) is 0 Å². The first-order valence-corrected chi connectivity index (χ1v) is 5.68. The molecule has 12 heavy (non-hydrogen) atoms. The van der Waals surface area contributed by atoms with E-state index in [2.05, 4.69) is 27.2 Å². The van der Waals surface area contributed by atoms with E-state index in [1.54, 1.807) is 0 Å². The zero-order chi connectivity index (χ0) is 9.23. The second kappa shape index (κ2) is 9.09. The molecular formula is C12H25. The molecule has 1 unspecified atom stereocenters. The Morgan fingerprint density at radius 2 is 1.75 bits per heavy atom. The molecule has 0 saturated heterocycles. The van der Waals surface area contributed by atoms with Crippen LogP contribution in [0.2, 0.25) is 0 Å². The van der Waals surface area contributed by atoms with E-state index in [0.29, 0.717) is 0 Å². The van der Waals surface area contributed by atoms with E-state index in [4.69, 9.17) is 0 Å². The summed E-state index contributed by atoms with van der Waals surface area (Å²) < 4.78 is 0. The van der Waals surface area contributed by atoms with Crippen LogP contribution < -0.4 is 0 Å². The zero-order valence-corrected chi connectivity index (χ0v) is 9.10. The Morgan fingerprint density at radius 3 is 2.25 bits per heavy atom. The van der Waals surface area contributed by atoms with Crippen LogP contribution in [0.25, 0.3) is 0 Å². The molecule has 0 aromatic rings. The lowest BCUT2D eigenvalue weighted by atomic mass is 9.94. The van der Waals surface area contributed by atoms with Gasteiger partial charge in [-0.2, -0.15) is 0 Å². The van der Waals surface area contributed by atoms with Crippen molar-refractivity contribution in [2.24, 2.45) is 5.92 Å². The maximum absolute atomic E-state index is 2.48. The Kier molecular flexibility index (Phi) is 9.09. The van der Waals surface area contributed by atoms with Crippen molar-refractivity contribution in [3.8, 4) is 0 Å². The van der Waals surface area contributed by atoms with Gasteiger partial charge in [-0.25, -0.2) is 0 Å². The van der Waals surface area contributed by atoms with Gasteiger partial charge >= 0.3 is 0 Å². The van der Waals surface area contributed by atoms with Crippen molar-refractivity contribution in [2.75, 3.05) is 0 Å². The summed E-state index contributed by atoms with van der Waals surface area (Å²) in [6, 6.07) is 0. The zero-order valence-electron chi connectivity index (χ0n) is 9.10. The van der Waals surface area contributed by atoms with Crippen molar-refractivity contribution in [3.63, 3.8) is 0 Å². The van der Waals surface area contributed by atoms with Crippen LogP contribution in [0.5, 0.6) is 0 Å². The lowest BCUT2D eigenvalue weighted by Gasteiger charge is -2.12. The molecule has 0 heteroatoms. The summed E-state index contributed by atoms with van der Waals surface area (Å²) in [5.74, 6) is 0.895. The molecule has 0 heterocycles. The third-order valence-corrected chi connectivity index (χ3v) is 2.52. The first kappa shape index (κ1) is 12.0. The summed E-state index contributed by atoms with van der Waals surface area (Å²) >= 11 is 0. The fourth-order valence-electron chi connectivity index (χ4n) is 1.66. The van der Waals surface area contributed by atoms with Gasteiger partial charge in [0, 0.05) is 0 Å². The van der Waals surface area contributed by atoms with E-state index in [1.165, 1.54) is 44.9 Å². The third-order valence-electron chi connectivity index (χ3n) is 2.52. The van der Waals surface area contributed by atoms with E-state index in [1.807, 2.05) is 0 Å². The molecule has 0 aromatic heterocycles. The van der Waals surface area contributed by atoms with Crippen LogP contribution in [0.4, 0.5) is 0 Å². The van der Waals surface area contributed by atoms with Crippen molar-refractivity contribution in [1.29, 1.82) is 0 Å². The summed E-state index contributed by atoms with van der Waals surface area (Å²) in [4.78, 5) is 0. The molecule has 0 saturated carbocycles. The molecule has 0 aliphatic heterocycles. The Labute approximate surface area is 78.8 Å². The van der Waals surface area contributed by atoms with Crippen molar-refractivity contribution in [1.82, 2.24) is 0 Å². The Balaban J connectivity index is 3.19. The molecule has 73 valence electrons. The lowest BCUT2D eigenvalue weighted by molar-refractivity contribution is 0.483. The van der Waals surface area contributed by atoms with Gasteiger partial charge in [-0.3, -0.25) is 0 Å². The highest BCUT2D eigenvalue weighted by molar-refractivity contribution is 4.73. The third kappa shape index (κ3) is 6.69. The summed E-state index contributed by atoms with van der Waals surface area (Å²) in [5.41, 5.74) is 0. The molecule has 0 aliphatic carbocycles. The summed E-state index contributed by atoms with van der Waals surface area (Å²) in [7, 11) is 0. The monoisotopic (exact) mass is 169 g/mol. The van der Waals surface area contributed by atoms with E-state index >= 15 is 0 Å². The predicted octanol–water partition coefficient (Wildman–Crippen LogP) is 4.60. The highest BCUT2D eigenvalue weighted by Crippen LogP contribution is 2.17.